The maximum Gasteiger partial charge on any atom is 0.407 e. The Morgan fingerprint density at radius 1 is 1.62 bits per heavy atom. The number of alkyl carbamates (subject to hydrolysis) is 1. The zero-order valence-electron chi connectivity index (χ0n) is 7.97. The number of aromatic nitrogens is 2. The van der Waals surface area contributed by atoms with Gasteiger partial charge in [0.2, 0.25) is 0 Å². The van der Waals surface area contributed by atoms with Crippen LogP contribution in [0.3, 0.4) is 0 Å². The van der Waals surface area contributed by atoms with Gasteiger partial charge in [0.25, 0.3) is 0 Å². The Morgan fingerprint density at radius 2 is 2.31 bits per heavy atom. The summed E-state index contributed by atoms with van der Waals surface area (Å²) >= 11 is 0. The first-order chi connectivity index (χ1) is 6.15. The molecule has 0 radical (unpaired) electrons. The Hall–Kier alpha value is -1.52. The fourth-order valence-electron chi connectivity index (χ4n) is 1.07. The minimum absolute atomic E-state index is 0.431. The molecule has 0 aliphatic heterocycles. The summed E-state index contributed by atoms with van der Waals surface area (Å²) in [5.74, 6) is 0. The van der Waals surface area contributed by atoms with Crippen LogP contribution in [-0.4, -0.2) is 23.4 Å². The lowest BCUT2D eigenvalue weighted by molar-refractivity contribution is 0.170. The number of nitrogens with zero attached hydrogens (tertiary/aromatic N) is 1. The number of aromatic amines is 1. The van der Waals surface area contributed by atoms with Crippen LogP contribution < -0.4 is 5.32 Å². The van der Waals surface area contributed by atoms with Crippen molar-refractivity contribution in [2.75, 3.05) is 7.11 Å². The summed E-state index contributed by atoms with van der Waals surface area (Å²) in [5, 5.41) is 9.43. The maximum atomic E-state index is 10.8. The molecule has 0 fully saturated rings. The number of H-pyrrole nitrogens is 1. The van der Waals surface area contributed by atoms with Gasteiger partial charge in [0.1, 0.15) is 0 Å². The topological polar surface area (TPSA) is 67.0 Å². The number of hydrogen-bond acceptors (Lipinski definition) is 3. The highest BCUT2D eigenvalue weighted by molar-refractivity contribution is 5.66. The molecule has 1 amide bonds. The van der Waals surface area contributed by atoms with Crippen molar-refractivity contribution in [1.82, 2.24) is 15.5 Å². The molecular formula is C8H13N3O2. The first-order valence-corrected chi connectivity index (χ1v) is 3.97. The van der Waals surface area contributed by atoms with Gasteiger partial charge in [-0.25, -0.2) is 4.79 Å². The van der Waals surface area contributed by atoms with Crippen LogP contribution in [0.25, 0.3) is 0 Å². The number of ether oxygens (including phenoxy) is 1. The van der Waals surface area contributed by atoms with Crippen molar-refractivity contribution in [1.29, 1.82) is 0 Å². The summed E-state index contributed by atoms with van der Waals surface area (Å²) in [6.07, 6.45) is -0.431. The summed E-state index contributed by atoms with van der Waals surface area (Å²) in [7, 11) is 1.34. The van der Waals surface area contributed by atoms with E-state index in [0.717, 1.165) is 17.0 Å². The highest BCUT2D eigenvalue weighted by Gasteiger charge is 2.07. The number of aryl methyl sites for hydroxylation is 2. The number of rotatable bonds is 2. The van der Waals surface area contributed by atoms with Gasteiger partial charge < -0.3 is 10.1 Å². The van der Waals surface area contributed by atoms with Gasteiger partial charge in [-0.1, -0.05) is 0 Å². The van der Waals surface area contributed by atoms with Crippen molar-refractivity contribution >= 4 is 6.09 Å². The first-order valence-electron chi connectivity index (χ1n) is 3.97. The number of hydrogen-bond donors (Lipinski definition) is 2. The van der Waals surface area contributed by atoms with E-state index in [0.29, 0.717) is 6.54 Å². The molecule has 0 aliphatic rings. The van der Waals surface area contributed by atoms with Crippen molar-refractivity contribution in [3.63, 3.8) is 0 Å². The van der Waals surface area contributed by atoms with Crippen LogP contribution in [0.2, 0.25) is 0 Å². The van der Waals surface area contributed by atoms with Gasteiger partial charge in [-0.2, -0.15) is 5.10 Å². The van der Waals surface area contributed by atoms with Crippen LogP contribution in [0.15, 0.2) is 0 Å². The molecular weight excluding hydrogens is 170 g/mol. The molecule has 1 rings (SSSR count). The van der Waals surface area contributed by atoms with Gasteiger partial charge >= 0.3 is 6.09 Å². The second kappa shape index (κ2) is 3.93. The summed E-state index contributed by atoms with van der Waals surface area (Å²) in [6, 6.07) is 0. The van der Waals surface area contributed by atoms with Crippen molar-refractivity contribution in [2.45, 2.75) is 20.4 Å². The molecule has 0 unspecified atom stereocenters. The molecule has 0 bridgehead atoms. The van der Waals surface area contributed by atoms with Gasteiger partial charge in [0.05, 0.1) is 12.8 Å². The quantitative estimate of drug-likeness (QED) is 0.715. The summed E-state index contributed by atoms with van der Waals surface area (Å²) in [5.41, 5.74) is 2.87. The van der Waals surface area contributed by atoms with Crippen molar-refractivity contribution in [3.8, 4) is 0 Å². The van der Waals surface area contributed by atoms with E-state index in [1.807, 2.05) is 13.8 Å². The summed E-state index contributed by atoms with van der Waals surface area (Å²) in [6.45, 7) is 4.24. The minimum Gasteiger partial charge on any atom is -0.453 e. The molecule has 72 valence electrons. The fourth-order valence-corrected chi connectivity index (χ4v) is 1.07. The number of methoxy groups -OCH3 is 1. The Morgan fingerprint density at radius 3 is 2.77 bits per heavy atom. The summed E-state index contributed by atoms with van der Waals surface area (Å²) in [4.78, 5) is 10.8. The second-order valence-electron chi connectivity index (χ2n) is 2.76. The summed E-state index contributed by atoms with van der Waals surface area (Å²) < 4.78 is 4.45. The van der Waals surface area contributed by atoms with E-state index in [1.165, 1.54) is 7.11 Å². The molecule has 1 aromatic heterocycles. The average Bonchev–Trinajstić information content (AvgIpc) is 2.43. The lowest BCUT2D eigenvalue weighted by atomic mass is 10.2. The van der Waals surface area contributed by atoms with Gasteiger partial charge in [0.15, 0.2) is 0 Å². The molecule has 5 nitrogen and oxygen atoms in total. The molecule has 2 N–H and O–H groups in total. The van der Waals surface area contributed by atoms with Crippen LogP contribution >= 0.6 is 0 Å². The SMILES string of the molecule is COC(=O)NCc1c(C)n[nH]c1C. The van der Waals surface area contributed by atoms with E-state index in [9.17, 15) is 4.79 Å². The fraction of sp³-hybridized carbons (Fsp3) is 0.500. The average molecular weight is 183 g/mol. The standard InChI is InChI=1S/C8H13N3O2/c1-5-7(6(2)11-10-5)4-9-8(12)13-3/h4H2,1-3H3,(H,9,12)(H,10,11). The Bertz CT molecular complexity index is 287. The van der Waals surface area contributed by atoms with Gasteiger partial charge in [-0.05, 0) is 13.8 Å². The maximum absolute atomic E-state index is 10.8. The molecule has 13 heavy (non-hydrogen) atoms. The zero-order chi connectivity index (χ0) is 9.84. The third-order valence-electron chi connectivity index (χ3n) is 1.88. The third-order valence-corrected chi connectivity index (χ3v) is 1.88. The second-order valence-corrected chi connectivity index (χ2v) is 2.76. The van der Waals surface area contributed by atoms with Crippen LogP contribution in [0.1, 0.15) is 17.0 Å². The first kappa shape index (κ1) is 9.57. The zero-order valence-corrected chi connectivity index (χ0v) is 7.97. The number of carbonyl (C=O) groups excluding carboxylic acids is 1. The monoisotopic (exact) mass is 183 g/mol. The van der Waals surface area contributed by atoms with Crippen LogP contribution in [0.5, 0.6) is 0 Å². The van der Waals surface area contributed by atoms with E-state index in [-0.39, 0.29) is 0 Å². The van der Waals surface area contributed by atoms with E-state index >= 15 is 0 Å². The number of amides is 1. The third kappa shape index (κ3) is 2.21. The normalized spacial score (nSPS) is 9.77. The van der Waals surface area contributed by atoms with Crippen molar-refractivity contribution in [2.24, 2.45) is 0 Å². The molecule has 0 atom stereocenters. The van der Waals surface area contributed by atoms with E-state index < -0.39 is 6.09 Å². The number of carbonyl (C=O) groups is 1. The molecule has 1 heterocycles. The molecule has 0 aliphatic carbocycles. The largest absolute Gasteiger partial charge is 0.453 e. The van der Waals surface area contributed by atoms with Gasteiger partial charge in [-0.15, -0.1) is 0 Å². The van der Waals surface area contributed by atoms with Crippen molar-refractivity contribution < 1.29 is 9.53 Å². The molecule has 5 heteroatoms. The predicted molar refractivity (Wildman–Crippen MR) is 47.3 cm³/mol. The lowest BCUT2D eigenvalue weighted by Crippen LogP contribution is -2.22. The number of nitrogens with one attached hydrogen (secondary N) is 2. The van der Waals surface area contributed by atoms with Gasteiger partial charge in [-0.3, -0.25) is 5.10 Å². The molecule has 0 saturated heterocycles. The minimum atomic E-state index is -0.431. The smallest absolute Gasteiger partial charge is 0.407 e. The van der Waals surface area contributed by atoms with Crippen molar-refractivity contribution in [3.05, 3.63) is 17.0 Å². The lowest BCUT2D eigenvalue weighted by Gasteiger charge is -2.02. The van der Waals surface area contributed by atoms with Crippen LogP contribution in [-0.2, 0) is 11.3 Å². The molecule has 1 aromatic rings. The predicted octanol–water partition coefficient (Wildman–Crippen LogP) is 0.883. The van der Waals surface area contributed by atoms with E-state index in [1.54, 1.807) is 0 Å². The van der Waals surface area contributed by atoms with Crippen LogP contribution in [0.4, 0.5) is 4.79 Å². The Labute approximate surface area is 76.5 Å². The Balaban J connectivity index is 2.58. The molecule has 0 aromatic carbocycles. The highest BCUT2D eigenvalue weighted by Crippen LogP contribution is 2.08. The molecule has 0 saturated carbocycles. The van der Waals surface area contributed by atoms with Crippen LogP contribution in [0, 0.1) is 13.8 Å². The molecule has 0 spiro atoms. The van der Waals surface area contributed by atoms with E-state index in [4.69, 9.17) is 0 Å². The highest BCUT2D eigenvalue weighted by atomic mass is 16.5. The Kier molecular flexibility index (Phi) is 2.89. The van der Waals surface area contributed by atoms with Gasteiger partial charge in [0, 0.05) is 17.8 Å². The van der Waals surface area contributed by atoms with E-state index in [2.05, 4.69) is 20.3 Å².